The first-order chi connectivity index (χ1) is 10.7. The van der Waals surface area contributed by atoms with Crippen LogP contribution in [-0.4, -0.2) is 37.4 Å². The van der Waals surface area contributed by atoms with Crippen molar-refractivity contribution < 1.29 is 28.5 Å². The fraction of sp³-hybridized carbons (Fsp3) is 0.625. The maximum Gasteiger partial charge on any atom is 0.306 e. The van der Waals surface area contributed by atoms with E-state index in [1.54, 1.807) is 12.5 Å². The minimum Gasteiger partial charge on any atom is -0.495 e. The lowest BCUT2D eigenvalue weighted by atomic mass is 10.2. The van der Waals surface area contributed by atoms with Crippen molar-refractivity contribution in [3.05, 3.63) is 24.7 Å². The minimum absolute atomic E-state index is 0.0207. The van der Waals surface area contributed by atoms with E-state index in [4.69, 9.17) is 18.9 Å². The van der Waals surface area contributed by atoms with Gasteiger partial charge in [-0.1, -0.05) is 0 Å². The third-order valence-electron chi connectivity index (χ3n) is 3.44. The lowest BCUT2D eigenvalue weighted by Crippen LogP contribution is -2.23. The molecule has 6 nitrogen and oxygen atoms in total. The third kappa shape index (κ3) is 6.20. The summed E-state index contributed by atoms with van der Waals surface area (Å²) in [5.41, 5.74) is 0. The molecule has 2 aliphatic rings. The van der Waals surface area contributed by atoms with E-state index in [9.17, 15) is 9.59 Å². The molecule has 0 aromatic carbocycles. The minimum atomic E-state index is -0.410. The van der Waals surface area contributed by atoms with Crippen molar-refractivity contribution in [3.63, 3.8) is 0 Å². The lowest BCUT2D eigenvalue weighted by molar-refractivity contribution is -0.153. The standard InChI is InChI=1S/C16H22O6/c17-15(21-11-13-5-1-3-9-19-13)7-8-16(18)22-12-14-6-2-4-10-20-14/h3-4,9-10,13-14H,1-2,5-8,11-12H2. The molecule has 0 aromatic rings. The quantitative estimate of drug-likeness (QED) is 0.672. The molecule has 0 spiro atoms. The summed E-state index contributed by atoms with van der Waals surface area (Å²) < 4.78 is 20.8. The predicted molar refractivity (Wildman–Crippen MR) is 77.6 cm³/mol. The number of rotatable bonds is 7. The van der Waals surface area contributed by atoms with Crippen LogP contribution in [0.25, 0.3) is 0 Å². The number of allylic oxidation sites excluding steroid dienone is 2. The van der Waals surface area contributed by atoms with E-state index in [0.717, 1.165) is 25.7 Å². The first-order valence-electron chi connectivity index (χ1n) is 7.66. The summed E-state index contributed by atoms with van der Waals surface area (Å²) in [5, 5.41) is 0. The van der Waals surface area contributed by atoms with Crippen LogP contribution in [0.5, 0.6) is 0 Å². The predicted octanol–water partition coefficient (Wildman–Crippen LogP) is 2.24. The zero-order chi connectivity index (χ0) is 15.6. The van der Waals surface area contributed by atoms with Gasteiger partial charge < -0.3 is 18.9 Å². The molecular formula is C16H22O6. The van der Waals surface area contributed by atoms with Gasteiger partial charge in [0.25, 0.3) is 0 Å². The SMILES string of the molecule is O=C(CCC(=O)OCC1CCC=CO1)OCC1CCC=CO1. The molecule has 0 fully saturated rings. The van der Waals surface area contributed by atoms with Crippen LogP contribution in [0, 0.1) is 0 Å². The molecule has 2 heterocycles. The highest BCUT2D eigenvalue weighted by Crippen LogP contribution is 2.12. The summed E-state index contributed by atoms with van der Waals surface area (Å²) in [5.74, 6) is -0.820. The smallest absolute Gasteiger partial charge is 0.306 e. The summed E-state index contributed by atoms with van der Waals surface area (Å²) in [6.45, 7) is 0.445. The zero-order valence-corrected chi connectivity index (χ0v) is 12.6. The van der Waals surface area contributed by atoms with Crippen LogP contribution in [0.4, 0.5) is 0 Å². The summed E-state index contributed by atoms with van der Waals surface area (Å²) in [4.78, 5) is 23.1. The number of carbonyl (C=O) groups excluding carboxylic acids is 2. The Kier molecular flexibility index (Phi) is 6.80. The fourth-order valence-corrected chi connectivity index (χ4v) is 2.14. The Hall–Kier alpha value is -1.98. The first-order valence-corrected chi connectivity index (χ1v) is 7.66. The van der Waals surface area contributed by atoms with Crippen molar-refractivity contribution in [1.29, 1.82) is 0 Å². The second-order valence-corrected chi connectivity index (χ2v) is 5.28. The second kappa shape index (κ2) is 9.12. The Labute approximate surface area is 130 Å². The topological polar surface area (TPSA) is 71.1 Å². The Morgan fingerprint density at radius 1 is 0.864 bits per heavy atom. The van der Waals surface area contributed by atoms with Gasteiger partial charge in [-0.3, -0.25) is 9.59 Å². The number of hydrogen-bond acceptors (Lipinski definition) is 6. The Balaban J connectivity index is 1.52. The molecule has 0 saturated heterocycles. The average Bonchev–Trinajstić information content (AvgIpc) is 2.58. The summed E-state index contributed by atoms with van der Waals surface area (Å²) in [6.07, 6.45) is 10.5. The summed E-state index contributed by atoms with van der Waals surface area (Å²) in [7, 11) is 0. The van der Waals surface area contributed by atoms with Crippen molar-refractivity contribution in [3.8, 4) is 0 Å². The van der Waals surface area contributed by atoms with Gasteiger partial charge in [0.15, 0.2) is 0 Å². The molecule has 0 bridgehead atoms. The molecule has 0 saturated carbocycles. The average molecular weight is 310 g/mol. The molecular weight excluding hydrogens is 288 g/mol. The zero-order valence-electron chi connectivity index (χ0n) is 12.6. The van der Waals surface area contributed by atoms with Gasteiger partial charge in [-0.05, 0) is 37.8 Å². The van der Waals surface area contributed by atoms with Crippen molar-refractivity contribution in [2.24, 2.45) is 0 Å². The van der Waals surface area contributed by atoms with Crippen molar-refractivity contribution in [2.45, 2.75) is 50.7 Å². The van der Waals surface area contributed by atoms with E-state index in [0.29, 0.717) is 0 Å². The lowest BCUT2D eigenvalue weighted by Gasteiger charge is -2.19. The molecule has 0 radical (unpaired) electrons. The normalized spacial score (nSPS) is 23.3. The highest BCUT2D eigenvalue weighted by Gasteiger charge is 2.17. The molecule has 0 aliphatic carbocycles. The fourth-order valence-electron chi connectivity index (χ4n) is 2.14. The molecule has 122 valence electrons. The van der Waals surface area contributed by atoms with Gasteiger partial charge >= 0.3 is 11.9 Å². The van der Waals surface area contributed by atoms with Gasteiger partial charge in [-0.2, -0.15) is 0 Å². The molecule has 0 amide bonds. The molecule has 2 aliphatic heterocycles. The van der Waals surface area contributed by atoms with Crippen LogP contribution >= 0.6 is 0 Å². The molecule has 22 heavy (non-hydrogen) atoms. The van der Waals surface area contributed by atoms with Crippen LogP contribution in [-0.2, 0) is 28.5 Å². The second-order valence-electron chi connectivity index (χ2n) is 5.28. The highest BCUT2D eigenvalue weighted by atomic mass is 16.6. The van der Waals surface area contributed by atoms with Crippen LogP contribution in [0.15, 0.2) is 24.7 Å². The van der Waals surface area contributed by atoms with Crippen LogP contribution in [0.1, 0.15) is 38.5 Å². The Morgan fingerprint density at radius 2 is 1.32 bits per heavy atom. The molecule has 2 unspecified atom stereocenters. The Bertz CT molecular complexity index is 388. The van der Waals surface area contributed by atoms with E-state index in [2.05, 4.69) is 0 Å². The van der Waals surface area contributed by atoms with Crippen LogP contribution < -0.4 is 0 Å². The number of esters is 2. The van der Waals surface area contributed by atoms with E-state index in [1.807, 2.05) is 12.2 Å². The number of ether oxygens (including phenoxy) is 4. The molecule has 2 atom stereocenters. The van der Waals surface area contributed by atoms with Crippen molar-refractivity contribution in [1.82, 2.24) is 0 Å². The van der Waals surface area contributed by atoms with Gasteiger partial charge in [-0.15, -0.1) is 0 Å². The first kappa shape index (κ1) is 16.4. The van der Waals surface area contributed by atoms with Gasteiger partial charge in [-0.25, -0.2) is 0 Å². The van der Waals surface area contributed by atoms with E-state index in [-0.39, 0.29) is 38.3 Å². The van der Waals surface area contributed by atoms with E-state index >= 15 is 0 Å². The van der Waals surface area contributed by atoms with E-state index < -0.39 is 11.9 Å². The maximum absolute atomic E-state index is 11.6. The number of hydrogen-bond donors (Lipinski definition) is 0. The number of carbonyl (C=O) groups is 2. The van der Waals surface area contributed by atoms with Crippen molar-refractivity contribution in [2.75, 3.05) is 13.2 Å². The van der Waals surface area contributed by atoms with Gasteiger partial charge in [0.05, 0.1) is 25.4 Å². The van der Waals surface area contributed by atoms with Crippen LogP contribution in [0.3, 0.4) is 0 Å². The summed E-state index contributed by atoms with van der Waals surface area (Å²) >= 11 is 0. The molecule has 0 aromatic heterocycles. The third-order valence-corrected chi connectivity index (χ3v) is 3.44. The molecule has 0 N–H and O–H groups in total. The highest BCUT2D eigenvalue weighted by molar-refractivity contribution is 5.77. The largest absolute Gasteiger partial charge is 0.495 e. The maximum atomic E-state index is 11.6. The Morgan fingerprint density at radius 3 is 1.68 bits per heavy atom. The van der Waals surface area contributed by atoms with Gasteiger partial charge in [0.1, 0.15) is 25.4 Å². The van der Waals surface area contributed by atoms with Crippen molar-refractivity contribution >= 4 is 11.9 Å². The van der Waals surface area contributed by atoms with Gasteiger partial charge in [0, 0.05) is 0 Å². The van der Waals surface area contributed by atoms with Gasteiger partial charge in [0.2, 0.25) is 0 Å². The van der Waals surface area contributed by atoms with Crippen LogP contribution in [0.2, 0.25) is 0 Å². The van der Waals surface area contributed by atoms with E-state index in [1.165, 1.54) is 0 Å². The summed E-state index contributed by atoms with van der Waals surface area (Å²) in [6, 6.07) is 0. The molecule has 2 rings (SSSR count). The molecule has 6 heteroatoms. The monoisotopic (exact) mass is 310 g/mol.